The highest BCUT2D eigenvalue weighted by Crippen LogP contribution is 2.47. The number of rotatable bonds is 5. The van der Waals surface area contributed by atoms with Gasteiger partial charge in [-0.05, 0) is 61.1 Å². The van der Waals surface area contributed by atoms with Gasteiger partial charge in [0.2, 0.25) is 0 Å². The Morgan fingerprint density at radius 1 is 0.967 bits per heavy atom. The molecule has 0 spiro atoms. The van der Waals surface area contributed by atoms with Crippen LogP contribution in [0.15, 0.2) is 48.2 Å². The maximum atomic E-state index is 10.2. The third-order valence-corrected chi connectivity index (χ3v) is 6.32. The van der Waals surface area contributed by atoms with Crippen molar-refractivity contribution in [3.8, 4) is 23.3 Å². The Morgan fingerprint density at radius 3 is 2.53 bits per heavy atom. The van der Waals surface area contributed by atoms with Crippen molar-refractivity contribution >= 4 is 5.57 Å². The summed E-state index contributed by atoms with van der Waals surface area (Å²) in [6, 6.07) is 17.1. The van der Waals surface area contributed by atoms with Gasteiger partial charge in [-0.25, -0.2) is 0 Å². The van der Waals surface area contributed by atoms with Gasteiger partial charge < -0.3 is 19.1 Å². The maximum absolute atomic E-state index is 10.2. The van der Waals surface area contributed by atoms with Crippen molar-refractivity contribution in [3.63, 3.8) is 0 Å². The highest BCUT2D eigenvalue weighted by atomic mass is 16.5. The summed E-state index contributed by atoms with van der Waals surface area (Å²) in [4.78, 5) is 2.33. The lowest BCUT2D eigenvalue weighted by atomic mass is 9.76. The number of piperidine rings is 1. The molecule has 156 valence electrons. The zero-order valence-electron chi connectivity index (χ0n) is 17.9. The van der Waals surface area contributed by atoms with Gasteiger partial charge in [0.25, 0.3) is 0 Å². The summed E-state index contributed by atoms with van der Waals surface area (Å²) < 4.78 is 16.5. The molecule has 0 bridgehead atoms. The normalized spacial score (nSPS) is 20.9. The molecule has 2 aromatic carbocycles. The average Bonchev–Trinajstić information content (AvgIpc) is 2.82. The molecule has 4 rings (SSSR count). The summed E-state index contributed by atoms with van der Waals surface area (Å²) in [5, 5.41) is 10.2. The number of hydrogen-bond donors (Lipinski definition) is 0. The standard InChI is InChI=1S/C25H28N2O3/c1-28-20-9-6-7-18(13-20)25-21(17-10-11-23(29-2)24(14-17)30-3)15-19-8-4-5-12-27(19)22(25)16-26/h6-7,9-11,13-14,19,21H,4-5,8,12,15H2,1-3H3/t19-,21+/m1/s1. The number of ether oxygens (including phenoxy) is 3. The molecule has 2 heterocycles. The van der Waals surface area contributed by atoms with Gasteiger partial charge in [0, 0.05) is 24.1 Å². The van der Waals surface area contributed by atoms with Gasteiger partial charge in [-0.3, -0.25) is 0 Å². The second-order valence-electron chi connectivity index (χ2n) is 7.85. The third-order valence-electron chi connectivity index (χ3n) is 6.32. The minimum Gasteiger partial charge on any atom is -0.497 e. The van der Waals surface area contributed by atoms with Gasteiger partial charge >= 0.3 is 0 Å². The summed E-state index contributed by atoms with van der Waals surface area (Å²) in [5.41, 5.74) is 4.04. The quantitative estimate of drug-likeness (QED) is 0.703. The molecule has 1 saturated heterocycles. The molecular weight excluding hydrogens is 376 g/mol. The van der Waals surface area contributed by atoms with E-state index < -0.39 is 0 Å². The fourth-order valence-electron chi connectivity index (χ4n) is 4.87. The first kappa shape index (κ1) is 20.2. The Hall–Kier alpha value is -3.13. The van der Waals surface area contributed by atoms with Crippen molar-refractivity contribution in [2.24, 2.45) is 0 Å². The van der Waals surface area contributed by atoms with Crippen LogP contribution in [-0.2, 0) is 0 Å². The first-order chi connectivity index (χ1) is 14.7. The fraction of sp³-hybridized carbons (Fsp3) is 0.400. The number of allylic oxidation sites excluding steroid dienone is 2. The molecule has 2 atom stereocenters. The van der Waals surface area contributed by atoms with E-state index in [0.29, 0.717) is 17.5 Å². The van der Waals surface area contributed by atoms with Crippen molar-refractivity contribution in [1.82, 2.24) is 4.90 Å². The Labute approximate surface area is 178 Å². The van der Waals surface area contributed by atoms with Crippen LogP contribution in [0.4, 0.5) is 0 Å². The topological polar surface area (TPSA) is 54.7 Å². The van der Waals surface area contributed by atoms with Gasteiger partial charge in [0.1, 0.15) is 17.5 Å². The van der Waals surface area contributed by atoms with Crippen molar-refractivity contribution in [1.29, 1.82) is 5.26 Å². The summed E-state index contributed by atoms with van der Waals surface area (Å²) in [6.07, 6.45) is 4.45. The lowest BCUT2D eigenvalue weighted by molar-refractivity contribution is 0.177. The molecule has 0 aliphatic carbocycles. The maximum Gasteiger partial charge on any atom is 0.161 e. The lowest BCUT2D eigenvalue weighted by Gasteiger charge is -2.44. The van der Waals surface area contributed by atoms with E-state index in [0.717, 1.165) is 54.0 Å². The number of methoxy groups -OCH3 is 3. The Kier molecular flexibility index (Phi) is 5.85. The smallest absolute Gasteiger partial charge is 0.161 e. The Morgan fingerprint density at radius 2 is 1.80 bits per heavy atom. The monoisotopic (exact) mass is 404 g/mol. The van der Waals surface area contributed by atoms with Crippen LogP contribution in [0.2, 0.25) is 0 Å². The van der Waals surface area contributed by atoms with E-state index >= 15 is 0 Å². The Balaban J connectivity index is 1.89. The van der Waals surface area contributed by atoms with Gasteiger partial charge in [0.05, 0.1) is 21.3 Å². The second-order valence-corrected chi connectivity index (χ2v) is 7.85. The van der Waals surface area contributed by atoms with E-state index in [2.05, 4.69) is 29.2 Å². The van der Waals surface area contributed by atoms with Crippen LogP contribution in [-0.4, -0.2) is 38.8 Å². The largest absolute Gasteiger partial charge is 0.497 e. The molecule has 5 nitrogen and oxygen atoms in total. The summed E-state index contributed by atoms with van der Waals surface area (Å²) in [7, 11) is 4.98. The van der Waals surface area contributed by atoms with Crippen LogP contribution in [0, 0.1) is 11.3 Å². The molecule has 0 amide bonds. The zero-order chi connectivity index (χ0) is 21.1. The molecule has 0 radical (unpaired) electrons. The molecule has 2 aromatic rings. The van der Waals surface area contributed by atoms with Crippen molar-refractivity contribution in [2.45, 2.75) is 37.6 Å². The van der Waals surface area contributed by atoms with E-state index in [1.807, 2.05) is 24.3 Å². The van der Waals surface area contributed by atoms with Crippen molar-refractivity contribution in [3.05, 3.63) is 59.3 Å². The first-order valence-corrected chi connectivity index (χ1v) is 10.5. The summed E-state index contributed by atoms with van der Waals surface area (Å²) in [5.74, 6) is 2.32. The predicted molar refractivity (Wildman–Crippen MR) is 117 cm³/mol. The van der Waals surface area contributed by atoms with Gasteiger partial charge in [-0.2, -0.15) is 5.26 Å². The van der Waals surface area contributed by atoms with Gasteiger partial charge in [-0.15, -0.1) is 0 Å². The molecule has 0 N–H and O–H groups in total. The van der Waals surface area contributed by atoms with Crippen LogP contribution in [0.5, 0.6) is 17.2 Å². The van der Waals surface area contributed by atoms with Crippen molar-refractivity contribution < 1.29 is 14.2 Å². The summed E-state index contributed by atoms with van der Waals surface area (Å²) in [6.45, 7) is 0.944. The highest BCUT2D eigenvalue weighted by molar-refractivity contribution is 5.78. The van der Waals surface area contributed by atoms with E-state index in [1.54, 1.807) is 21.3 Å². The predicted octanol–water partition coefficient (Wildman–Crippen LogP) is 4.99. The number of benzene rings is 2. The molecule has 2 aliphatic heterocycles. The molecule has 1 fully saturated rings. The molecule has 5 heteroatoms. The molecule has 2 aliphatic rings. The summed E-state index contributed by atoms with van der Waals surface area (Å²) >= 11 is 0. The number of nitriles is 1. The number of nitrogens with zero attached hydrogens (tertiary/aromatic N) is 2. The highest BCUT2D eigenvalue weighted by Gasteiger charge is 2.37. The fourth-order valence-corrected chi connectivity index (χ4v) is 4.87. The van der Waals surface area contributed by atoms with Gasteiger partial charge in [-0.1, -0.05) is 18.2 Å². The average molecular weight is 405 g/mol. The van der Waals surface area contributed by atoms with Crippen molar-refractivity contribution in [2.75, 3.05) is 27.9 Å². The molecule has 0 unspecified atom stereocenters. The molecule has 30 heavy (non-hydrogen) atoms. The van der Waals surface area contributed by atoms with Crippen LogP contribution < -0.4 is 14.2 Å². The first-order valence-electron chi connectivity index (χ1n) is 10.5. The van der Waals surface area contributed by atoms with E-state index in [1.165, 1.54) is 6.42 Å². The van der Waals surface area contributed by atoms with Crippen LogP contribution in [0.1, 0.15) is 42.7 Å². The third kappa shape index (κ3) is 3.59. The van der Waals surface area contributed by atoms with Crippen LogP contribution >= 0.6 is 0 Å². The lowest BCUT2D eigenvalue weighted by Crippen LogP contribution is -2.43. The zero-order valence-corrected chi connectivity index (χ0v) is 17.9. The minimum absolute atomic E-state index is 0.103. The van der Waals surface area contributed by atoms with Crippen LogP contribution in [0.3, 0.4) is 0 Å². The number of hydrogen-bond acceptors (Lipinski definition) is 5. The number of fused-ring (bicyclic) bond motifs is 1. The van der Waals surface area contributed by atoms with Gasteiger partial charge in [0.15, 0.2) is 11.5 Å². The molecule has 0 saturated carbocycles. The minimum atomic E-state index is 0.103. The SMILES string of the molecule is COc1cccc(C2=C(C#N)N3CCCC[C@@H]3C[C@H]2c2ccc(OC)c(OC)c2)c1. The van der Waals surface area contributed by atoms with E-state index in [9.17, 15) is 5.26 Å². The molecule has 0 aromatic heterocycles. The van der Waals surface area contributed by atoms with E-state index in [-0.39, 0.29) is 5.92 Å². The van der Waals surface area contributed by atoms with Crippen LogP contribution in [0.25, 0.3) is 5.57 Å². The second kappa shape index (κ2) is 8.71. The molecular formula is C25H28N2O3. The van der Waals surface area contributed by atoms with E-state index in [4.69, 9.17) is 14.2 Å². The Bertz CT molecular complexity index is 992.